The van der Waals surface area contributed by atoms with Crippen molar-refractivity contribution in [3.05, 3.63) is 71.2 Å². The highest BCUT2D eigenvalue weighted by Crippen LogP contribution is 2.32. The lowest BCUT2D eigenvalue weighted by Gasteiger charge is -2.29. The van der Waals surface area contributed by atoms with E-state index in [1.165, 1.54) is 24.1 Å². The molecule has 4 rings (SSSR count). The van der Waals surface area contributed by atoms with Gasteiger partial charge in [-0.2, -0.15) is 0 Å². The lowest BCUT2D eigenvalue weighted by atomic mass is 10.0. The molecule has 0 unspecified atom stereocenters. The number of methoxy groups -OCH3 is 1. The van der Waals surface area contributed by atoms with Gasteiger partial charge in [0, 0.05) is 41.5 Å². The molecule has 0 fully saturated rings. The van der Waals surface area contributed by atoms with Crippen molar-refractivity contribution in [2.75, 3.05) is 13.7 Å². The van der Waals surface area contributed by atoms with Crippen LogP contribution in [-0.4, -0.2) is 35.0 Å². The zero-order chi connectivity index (χ0) is 21.8. The summed E-state index contributed by atoms with van der Waals surface area (Å²) >= 11 is 0. The number of hydrogen-bond acceptors (Lipinski definition) is 3. The highest BCUT2D eigenvalue weighted by atomic mass is 19.1. The van der Waals surface area contributed by atoms with Gasteiger partial charge in [0.25, 0.3) is 0 Å². The molecule has 1 aromatic heterocycles. The Labute approximate surface area is 181 Å². The van der Waals surface area contributed by atoms with Crippen LogP contribution in [-0.2, 0) is 33.8 Å². The minimum Gasteiger partial charge on any atom is -0.469 e. The first-order valence-electron chi connectivity index (χ1n) is 10.8. The van der Waals surface area contributed by atoms with Gasteiger partial charge in [-0.25, -0.2) is 4.39 Å². The van der Waals surface area contributed by atoms with Crippen LogP contribution in [0.1, 0.15) is 42.5 Å². The molecule has 0 aliphatic carbocycles. The van der Waals surface area contributed by atoms with Crippen molar-refractivity contribution in [1.29, 1.82) is 0 Å². The molecule has 2 heterocycles. The van der Waals surface area contributed by atoms with Crippen molar-refractivity contribution >= 4 is 22.8 Å². The van der Waals surface area contributed by atoms with Gasteiger partial charge in [-0.05, 0) is 37.0 Å². The molecule has 1 amide bonds. The summed E-state index contributed by atoms with van der Waals surface area (Å²) in [6.45, 7) is 1.63. The second-order valence-electron chi connectivity index (χ2n) is 7.97. The van der Waals surface area contributed by atoms with E-state index in [4.69, 9.17) is 0 Å². The predicted molar refractivity (Wildman–Crippen MR) is 117 cm³/mol. The van der Waals surface area contributed by atoms with Gasteiger partial charge in [-0.15, -0.1) is 0 Å². The molecular weight excluding hydrogens is 395 g/mol. The van der Waals surface area contributed by atoms with Crippen LogP contribution in [0.5, 0.6) is 0 Å². The fourth-order valence-corrected chi connectivity index (χ4v) is 4.39. The lowest BCUT2D eigenvalue weighted by molar-refractivity contribution is -0.141. The molecule has 3 aromatic rings. The topological polar surface area (TPSA) is 51.5 Å². The normalized spacial score (nSPS) is 13.3. The second kappa shape index (κ2) is 9.33. The number of rotatable bonds is 7. The summed E-state index contributed by atoms with van der Waals surface area (Å²) < 4.78 is 21.2. The van der Waals surface area contributed by atoms with Gasteiger partial charge < -0.3 is 14.2 Å². The Morgan fingerprint density at radius 3 is 2.58 bits per heavy atom. The smallest absolute Gasteiger partial charge is 0.305 e. The molecule has 5 nitrogen and oxygen atoms in total. The number of para-hydroxylation sites is 1. The number of benzene rings is 2. The van der Waals surface area contributed by atoms with Gasteiger partial charge >= 0.3 is 5.97 Å². The van der Waals surface area contributed by atoms with E-state index in [1.807, 2.05) is 29.2 Å². The number of fused-ring (bicyclic) bond motifs is 3. The molecule has 1 aliphatic rings. The Hall–Kier alpha value is -3.15. The highest BCUT2D eigenvalue weighted by molar-refractivity contribution is 5.86. The van der Waals surface area contributed by atoms with Gasteiger partial charge in [0.2, 0.25) is 5.91 Å². The van der Waals surface area contributed by atoms with Crippen LogP contribution < -0.4 is 0 Å². The van der Waals surface area contributed by atoms with E-state index in [1.54, 1.807) is 6.07 Å². The number of halogens is 1. The Kier molecular flexibility index (Phi) is 6.35. The maximum Gasteiger partial charge on any atom is 0.305 e. The van der Waals surface area contributed by atoms with E-state index in [-0.39, 0.29) is 17.7 Å². The number of amides is 1. The Bertz CT molecular complexity index is 1110. The molecule has 0 spiro atoms. The summed E-state index contributed by atoms with van der Waals surface area (Å²) in [5, 5.41) is 1.18. The average molecular weight is 423 g/mol. The SMILES string of the molecule is COC(=O)CCCCC(=O)N1CCc2c(n(Cc3ccccc3F)c3ccccc23)C1. The molecule has 0 atom stereocenters. The van der Waals surface area contributed by atoms with E-state index in [0.717, 1.165) is 17.6 Å². The summed E-state index contributed by atoms with van der Waals surface area (Å²) in [5.74, 6) is -0.366. The van der Waals surface area contributed by atoms with Crippen LogP contribution in [0.15, 0.2) is 48.5 Å². The maximum absolute atomic E-state index is 14.4. The summed E-state index contributed by atoms with van der Waals surface area (Å²) in [7, 11) is 1.37. The van der Waals surface area contributed by atoms with E-state index in [0.29, 0.717) is 50.9 Å². The van der Waals surface area contributed by atoms with Crippen molar-refractivity contribution < 1.29 is 18.7 Å². The molecule has 6 heteroatoms. The third-order valence-electron chi connectivity index (χ3n) is 6.05. The fraction of sp³-hybridized carbons (Fsp3) is 0.360. The van der Waals surface area contributed by atoms with Crippen LogP contribution in [0, 0.1) is 5.82 Å². The number of carbonyl (C=O) groups is 2. The highest BCUT2D eigenvalue weighted by Gasteiger charge is 2.26. The monoisotopic (exact) mass is 422 g/mol. The number of esters is 1. The standard InChI is InChI=1S/C25H27FN2O3/c1-31-25(30)13-7-6-12-24(29)27-15-14-20-19-9-3-5-11-22(19)28(23(20)17-27)16-18-8-2-4-10-21(18)26/h2-5,8-11H,6-7,12-17H2,1H3. The number of aromatic nitrogens is 1. The fourth-order valence-electron chi connectivity index (χ4n) is 4.39. The quantitative estimate of drug-likeness (QED) is 0.418. The molecule has 0 N–H and O–H groups in total. The van der Waals surface area contributed by atoms with Crippen molar-refractivity contribution in [3.63, 3.8) is 0 Å². The summed E-state index contributed by atoms with van der Waals surface area (Å²) in [6.07, 6.45) is 2.85. The Morgan fingerprint density at radius 1 is 1.03 bits per heavy atom. The number of hydrogen-bond donors (Lipinski definition) is 0. The molecule has 0 saturated carbocycles. The molecule has 0 saturated heterocycles. The van der Waals surface area contributed by atoms with Crippen LogP contribution in [0.4, 0.5) is 4.39 Å². The summed E-state index contributed by atoms with van der Waals surface area (Å²) in [5.41, 5.74) is 4.04. The summed E-state index contributed by atoms with van der Waals surface area (Å²) in [6, 6.07) is 15.0. The molecular formula is C25H27FN2O3. The van der Waals surface area contributed by atoms with Crippen molar-refractivity contribution in [2.45, 2.75) is 45.2 Å². The molecule has 0 bridgehead atoms. The third kappa shape index (κ3) is 4.48. The van der Waals surface area contributed by atoms with Crippen molar-refractivity contribution in [3.8, 4) is 0 Å². The van der Waals surface area contributed by atoms with E-state index in [2.05, 4.69) is 21.4 Å². The first-order chi connectivity index (χ1) is 15.1. The predicted octanol–water partition coefficient (Wildman–Crippen LogP) is 4.45. The minimum absolute atomic E-state index is 0.0956. The van der Waals surface area contributed by atoms with Gasteiger partial charge in [-0.3, -0.25) is 9.59 Å². The first kappa shape index (κ1) is 21.1. The molecule has 2 aromatic carbocycles. The van der Waals surface area contributed by atoms with Gasteiger partial charge in [0.05, 0.1) is 20.2 Å². The summed E-state index contributed by atoms with van der Waals surface area (Å²) in [4.78, 5) is 25.9. The van der Waals surface area contributed by atoms with Crippen LogP contribution >= 0.6 is 0 Å². The molecule has 162 valence electrons. The maximum atomic E-state index is 14.4. The van der Waals surface area contributed by atoms with Crippen molar-refractivity contribution in [1.82, 2.24) is 9.47 Å². The van der Waals surface area contributed by atoms with E-state index in [9.17, 15) is 14.0 Å². The van der Waals surface area contributed by atoms with Crippen LogP contribution in [0.25, 0.3) is 10.9 Å². The number of ether oxygens (including phenoxy) is 1. The second-order valence-corrected chi connectivity index (χ2v) is 7.97. The first-order valence-corrected chi connectivity index (χ1v) is 10.8. The van der Waals surface area contributed by atoms with Gasteiger partial charge in [-0.1, -0.05) is 36.4 Å². The number of carbonyl (C=O) groups excluding carboxylic acids is 2. The van der Waals surface area contributed by atoms with Crippen molar-refractivity contribution in [2.24, 2.45) is 0 Å². The van der Waals surface area contributed by atoms with Gasteiger partial charge in [0.15, 0.2) is 0 Å². The van der Waals surface area contributed by atoms with E-state index < -0.39 is 0 Å². The largest absolute Gasteiger partial charge is 0.469 e. The van der Waals surface area contributed by atoms with Crippen LogP contribution in [0.3, 0.4) is 0 Å². The Balaban J connectivity index is 1.54. The zero-order valence-electron chi connectivity index (χ0n) is 17.8. The average Bonchev–Trinajstić information content (AvgIpc) is 3.11. The Morgan fingerprint density at radius 2 is 1.77 bits per heavy atom. The molecule has 31 heavy (non-hydrogen) atoms. The van der Waals surface area contributed by atoms with Crippen LogP contribution in [0.2, 0.25) is 0 Å². The van der Waals surface area contributed by atoms with Gasteiger partial charge in [0.1, 0.15) is 5.82 Å². The van der Waals surface area contributed by atoms with E-state index >= 15 is 0 Å². The number of unbranched alkanes of at least 4 members (excludes halogenated alkanes) is 1. The molecule has 1 aliphatic heterocycles. The lowest BCUT2D eigenvalue weighted by Crippen LogP contribution is -2.36. The molecule has 0 radical (unpaired) electrons. The minimum atomic E-state index is -0.243. The zero-order valence-corrected chi connectivity index (χ0v) is 17.8. The third-order valence-corrected chi connectivity index (χ3v) is 6.05. The number of nitrogens with zero attached hydrogens (tertiary/aromatic N) is 2.